The van der Waals surface area contributed by atoms with Crippen LogP contribution in [-0.4, -0.2) is 15.9 Å². The number of carbonyl (C=O) groups excluding carboxylic acids is 1. The number of nitro benzene ring substituents is 1. The van der Waals surface area contributed by atoms with Crippen molar-refractivity contribution in [1.29, 1.82) is 0 Å². The van der Waals surface area contributed by atoms with Crippen LogP contribution in [0, 0.1) is 10.1 Å². The van der Waals surface area contributed by atoms with E-state index in [1.54, 1.807) is 36.5 Å². The van der Waals surface area contributed by atoms with Gasteiger partial charge in [0.2, 0.25) is 0 Å². The summed E-state index contributed by atoms with van der Waals surface area (Å²) in [6.07, 6.45) is 1.70. The van der Waals surface area contributed by atoms with Crippen LogP contribution in [-0.2, 0) is 18.0 Å². The van der Waals surface area contributed by atoms with Crippen molar-refractivity contribution in [2.45, 2.75) is 13.2 Å². The molecule has 1 heterocycles. The van der Waals surface area contributed by atoms with Crippen LogP contribution >= 0.6 is 0 Å². The Morgan fingerprint density at radius 2 is 1.70 bits per heavy atom. The maximum atomic E-state index is 12.1. The Kier molecular flexibility index (Phi) is 5.73. The molecule has 7 nitrogen and oxygen atoms in total. The van der Waals surface area contributed by atoms with Crippen molar-refractivity contribution in [3.8, 4) is 5.75 Å². The number of rotatable bonds is 7. The van der Waals surface area contributed by atoms with Crippen LogP contribution in [0.2, 0.25) is 0 Å². The van der Waals surface area contributed by atoms with Gasteiger partial charge in [-0.15, -0.1) is 0 Å². The van der Waals surface area contributed by atoms with Crippen LogP contribution in [0.3, 0.4) is 0 Å². The maximum Gasteiger partial charge on any atom is 0.345 e. The first-order chi connectivity index (χ1) is 13.1. The van der Waals surface area contributed by atoms with Crippen molar-refractivity contribution in [2.24, 2.45) is 0 Å². The van der Waals surface area contributed by atoms with Gasteiger partial charge in [-0.1, -0.05) is 30.3 Å². The molecule has 0 saturated carbocycles. The van der Waals surface area contributed by atoms with Gasteiger partial charge in [-0.05, 0) is 35.9 Å². The van der Waals surface area contributed by atoms with Crippen LogP contribution in [0.5, 0.6) is 5.75 Å². The van der Waals surface area contributed by atoms with Gasteiger partial charge < -0.3 is 9.47 Å². The number of esters is 1. The van der Waals surface area contributed by atoms with E-state index in [2.05, 4.69) is 4.98 Å². The number of nitro groups is 1. The molecule has 0 aliphatic rings. The highest BCUT2D eigenvalue weighted by molar-refractivity contribution is 5.93. The molecular formula is C20H16N2O5. The molecule has 3 rings (SSSR count). The lowest BCUT2D eigenvalue weighted by molar-refractivity contribution is -0.385. The topological polar surface area (TPSA) is 91.6 Å². The van der Waals surface area contributed by atoms with E-state index < -0.39 is 10.9 Å². The molecule has 0 saturated heterocycles. The Balaban J connectivity index is 1.56. The number of para-hydroxylation sites is 1. The van der Waals surface area contributed by atoms with Crippen LogP contribution in [0.15, 0.2) is 72.9 Å². The summed E-state index contributed by atoms with van der Waals surface area (Å²) in [7, 11) is 0. The fraction of sp³-hybridized carbons (Fsp3) is 0.100. The summed E-state index contributed by atoms with van der Waals surface area (Å²) in [6, 6.07) is 18.3. The highest BCUT2D eigenvalue weighted by Gasteiger charge is 2.20. The molecule has 0 unspecified atom stereocenters. The fourth-order valence-corrected chi connectivity index (χ4v) is 2.35. The Bertz CT molecular complexity index is 927. The van der Waals surface area contributed by atoms with Gasteiger partial charge in [-0.25, -0.2) is 4.79 Å². The number of benzene rings is 2. The van der Waals surface area contributed by atoms with E-state index in [0.717, 1.165) is 11.3 Å². The predicted molar refractivity (Wildman–Crippen MR) is 97.2 cm³/mol. The minimum absolute atomic E-state index is 0.00536. The number of aromatic nitrogens is 1. The average Bonchev–Trinajstić information content (AvgIpc) is 2.72. The third kappa shape index (κ3) is 4.88. The first-order valence-corrected chi connectivity index (χ1v) is 8.15. The number of hydrogen-bond acceptors (Lipinski definition) is 6. The van der Waals surface area contributed by atoms with Crippen molar-refractivity contribution in [2.75, 3.05) is 0 Å². The average molecular weight is 364 g/mol. The molecule has 0 bridgehead atoms. The minimum Gasteiger partial charge on any atom is -0.487 e. The lowest BCUT2D eigenvalue weighted by Gasteiger charge is -2.08. The molecule has 0 fully saturated rings. The second kappa shape index (κ2) is 8.57. The van der Waals surface area contributed by atoms with E-state index in [9.17, 15) is 14.9 Å². The molecule has 136 valence electrons. The molecule has 0 aliphatic heterocycles. The normalized spacial score (nSPS) is 10.2. The van der Waals surface area contributed by atoms with Crippen molar-refractivity contribution in [3.63, 3.8) is 0 Å². The SMILES string of the molecule is O=C(OCc1ccc(OCc2ccccn2)cc1)c1ccccc1[N+](=O)[O-]. The van der Waals surface area contributed by atoms with Crippen molar-refractivity contribution < 1.29 is 19.2 Å². The second-order valence-electron chi connectivity index (χ2n) is 5.60. The molecular weight excluding hydrogens is 348 g/mol. The van der Waals surface area contributed by atoms with Crippen LogP contribution < -0.4 is 4.74 Å². The molecule has 0 aliphatic carbocycles. The summed E-state index contributed by atoms with van der Waals surface area (Å²) in [5.74, 6) is -0.0767. The van der Waals surface area contributed by atoms with Gasteiger partial charge in [0.15, 0.2) is 0 Å². The highest BCUT2D eigenvalue weighted by Crippen LogP contribution is 2.20. The van der Waals surface area contributed by atoms with Crippen molar-refractivity contribution in [3.05, 3.63) is 99.9 Å². The molecule has 0 atom stereocenters. The standard InChI is InChI=1S/C20H16N2O5/c23-20(18-6-1-2-7-19(18)22(24)25)27-13-15-8-10-17(11-9-15)26-14-16-5-3-4-12-21-16/h1-12H,13-14H2. The van der Waals surface area contributed by atoms with Crippen LogP contribution in [0.25, 0.3) is 0 Å². The van der Waals surface area contributed by atoms with E-state index >= 15 is 0 Å². The van der Waals surface area contributed by atoms with Gasteiger partial charge in [0.1, 0.15) is 24.5 Å². The van der Waals surface area contributed by atoms with Crippen LogP contribution in [0.4, 0.5) is 5.69 Å². The van der Waals surface area contributed by atoms with Gasteiger partial charge in [-0.2, -0.15) is 0 Å². The summed E-state index contributed by atoms with van der Waals surface area (Å²) in [4.78, 5) is 26.7. The van der Waals surface area contributed by atoms with E-state index in [4.69, 9.17) is 9.47 Å². The summed E-state index contributed by atoms with van der Waals surface area (Å²) in [6.45, 7) is 0.359. The van der Waals surface area contributed by atoms with Crippen molar-refractivity contribution in [1.82, 2.24) is 4.98 Å². The quantitative estimate of drug-likeness (QED) is 0.358. The molecule has 0 spiro atoms. The molecule has 0 radical (unpaired) electrons. The zero-order valence-electron chi connectivity index (χ0n) is 14.3. The Morgan fingerprint density at radius 1 is 0.963 bits per heavy atom. The number of nitrogens with zero attached hydrogens (tertiary/aromatic N) is 2. The first kappa shape index (κ1) is 18.1. The summed E-state index contributed by atoms with van der Waals surface area (Å²) < 4.78 is 10.8. The van der Waals surface area contributed by atoms with E-state index in [1.807, 2.05) is 18.2 Å². The third-order valence-corrected chi connectivity index (χ3v) is 3.73. The lowest BCUT2D eigenvalue weighted by Crippen LogP contribution is -2.08. The van der Waals surface area contributed by atoms with Gasteiger partial charge in [0, 0.05) is 12.3 Å². The zero-order valence-corrected chi connectivity index (χ0v) is 14.3. The van der Waals surface area contributed by atoms with Gasteiger partial charge in [-0.3, -0.25) is 15.1 Å². The van der Waals surface area contributed by atoms with E-state index in [1.165, 1.54) is 18.2 Å². The number of ether oxygens (including phenoxy) is 2. The molecule has 2 aromatic carbocycles. The minimum atomic E-state index is -0.738. The summed E-state index contributed by atoms with van der Waals surface area (Å²) in [5.41, 5.74) is 1.21. The third-order valence-electron chi connectivity index (χ3n) is 3.73. The van der Waals surface area contributed by atoms with E-state index in [-0.39, 0.29) is 17.9 Å². The maximum absolute atomic E-state index is 12.1. The second-order valence-corrected chi connectivity index (χ2v) is 5.60. The molecule has 0 N–H and O–H groups in total. The smallest absolute Gasteiger partial charge is 0.345 e. The van der Waals surface area contributed by atoms with Crippen molar-refractivity contribution >= 4 is 11.7 Å². The zero-order chi connectivity index (χ0) is 19.1. The highest BCUT2D eigenvalue weighted by atomic mass is 16.6. The predicted octanol–water partition coefficient (Wildman–Crippen LogP) is 3.93. The first-order valence-electron chi connectivity index (χ1n) is 8.15. The van der Waals surface area contributed by atoms with E-state index in [0.29, 0.717) is 12.4 Å². The number of pyridine rings is 1. The molecule has 0 amide bonds. The van der Waals surface area contributed by atoms with Crippen LogP contribution in [0.1, 0.15) is 21.6 Å². The Labute approximate surface area is 155 Å². The van der Waals surface area contributed by atoms with Gasteiger partial charge in [0.25, 0.3) is 5.69 Å². The fourth-order valence-electron chi connectivity index (χ4n) is 2.35. The number of hydrogen-bond donors (Lipinski definition) is 0. The lowest BCUT2D eigenvalue weighted by atomic mass is 10.2. The number of carbonyl (C=O) groups is 1. The molecule has 3 aromatic rings. The Hall–Kier alpha value is -3.74. The largest absolute Gasteiger partial charge is 0.487 e. The van der Waals surface area contributed by atoms with Gasteiger partial charge in [0.05, 0.1) is 10.6 Å². The summed E-state index contributed by atoms with van der Waals surface area (Å²) in [5, 5.41) is 11.0. The molecule has 1 aromatic heterocycles. The molecule has 27 heavy (non-hydrogen) atoms. The summed E-state index contributed by atoms with van der Waals surface area (Å²) >= 11 is 0. The monoisotopic (exact) mass is 364 g/mol. The Morgan fingerprint density at radius 3 is 2.41 bits per heavy atom. The molecule has 7 heteroatoms. The van der Waals surface area contributed by atoms with Gasteiger partial charge >= 0.3 is 5.97 Å².